The Morgan fingerprint density at radius 3 is 3.04 bits per heavy atom. The molecule has 0 atom stereocenters. The number of nitrogens with one attached hydrogen (secondary N) is 1. The minimum Gasteiger partial charge on any atom is -0.492 e. The van der Waals surface area contributed by atoms with Crippen molar-refractivity contribution in [2.24, 2.45) is 4.99 Å². The van der Waals surface area contributed by atoms with Crippen LogP contribution in [0.4, 0.5) is 15.3 Å². The number of aromatic nitrogens is 2. The lowest BCUT2D eigenvalue weighted by atomic mass is 10.1. The van der Waals surface area contributed by atoms with E-state index in [4.69, 9.17) is 11.6 Å². The molecule has 0 bridgehead atoms. The highest BCUT2D eigenvalue weighted by atomic mass is 35.5. The molecule has 0 fully saturated rings. The molecule has 3 heterocycles. The first kappa shape index (κ1) is 16.7. The molecule has 26 heavy (non-hydrogen) atoms. The third-order valence-corrected chi connectivity index (χ3v) is 5.01. The summed E-state index contributed by atoms with van der Waals surface area (Å²) in [4.78, 5) is 13.2. The predicted molar refractivity (Wildman–Crippen MR) is 103 cm³/mol. The zero-order valence-electron chi connectivity index (χ0n) is 13.3. The first-order chi connectivity index (χ1) is 12.6. The fourth-order valence-corrected chi connectivity index (χ4v) is 3.51. The summed E-state index contributed by atoms with van der Waals surface area (Å²) in [6, 6.07) is 8.29. The lowest BCUT2D eigenvalue weighted by molar-refractivity contribution is 0.456. The zero-order chi connectivity index (χ0) is 18.1. The van der Waals surface area contributed by atoms with Crippen molar-refractivity contribution in [2.75, 3.05) is 5.32 Å². The molecular formula is C18H12ClFN4OS. The minimum atomic E-state index is -0.454. The number of aliphatic imine (C=N–C) groups is 1. The van der Waals surface area contributed by atoms with E-state index in [1.807, 2.05) is 18.2 Å². The summed E-state index contributed by atoms with van der Waals surface area (Å²) < 4.78 is 13.2. The topological polar surface area (TPSA) is 70.4 Å². The average molecular weight is 387 g/mol. The van der Waals surface area contributed by atoms with E-state index in [2.05, 4.69) is 20.3 Å². The summed E-state index contributed by atoms with van der Waals surface area (Å²) >= 11 is 7.09. The van der Waals surface area contributed by atoms with Crippen LogP contribution in [0.2, 0.25) is 5.02 Å². The van der Waals surface area contributed by atoms with Gasteiger partial charge in [0, 0.05) is 30.1 Å². The molecule has 8 heteroatoms. The number of fused-ring (bicyclic) bond motifs is 1. The Morgan fingerprint density at radius 2 is 2.19 bits per heavy atom. The fourth-order valence-electron chi connectivity index (χ4n) is 2.50. The molecular weight excluding hydrogens is 375 g/mol. The summed E-state index contributed by atoms with van der Waals surface area (Å²) in [6.07, 6.45) is 5.22. The Hall–Kier alpha value is -2.77. The van der Waals surface area contributed by atoms with E-state index in [-0.39, 0.29) is 10.9 Å². The van der Waals surface area contributed by atoms with E-state index in [1.165, 1.54) is 17.4 Å². The maximum atomic E-state index is 13.2. The Labute approximate surface area is 157 Å². The monoisotopic (exact) mass is 386 g/mol. The summed E-state index contributed by atoms with van der Waals surface area (Å²) in [5.74, 6) is 0.145. The van der Waals surface area contributed by atoms with Gasteiger partial charge in [0.2, 0.25) is 5.88 Å². The molecule has 1 aliphatic heterocycles. The van der Waals surface area contributed by atoms with E-state index in [0.29, 0.717) is 22.4 Å². The fraction of sp³-hybridized carbons (Fsp3) is 0.0556. The second-order valence-electron chi connectivity index (χ2n) is 5.54. The molecule has 1 aliphatic rings. The van der Waals surface area contributed by atoms with Crippen molar-refractivity contribution >= 4 is 51.8 Å². The number of aromatic hydroxyl groups is 1. The maximum Gasteiger partial charge on any atom is 0.231 e. The van der Waals surface area contributed by atoms with Crippen molar-refractivity contribution in [1.82, 2.24) is 9.97 Å². The van der Waals surface area contributed by atoms with Gasteiger partial charge in [0.15, 0.2) is 10.9 Å². The van der Waals surface area contributed by atoms with Gasteiger partial charge in [0.05, 0.1) is 9.90 Å². The van der Waals surface area contributed by atoms with Crippen molar-refractivity contribution in [3.8, 4) is 5.88 Å². The van der Waals surface area contributed by atoms with Crippen LogP contribution < -0.4 is 5.32 Å². The van der Waals surface area contributed by atoms with E-state index >= 15 is 0 Å². The van der Waals surface area contributed by atoms with Gasteiger partial charge in [-0.15, -0.1) is 0 Å². The van der Waals surface area contributed by atoms with Gasteiger partial charge in [-0.25, -0.2) is 14.4 Å². The highest BCUT2D eigenvalue weighted by molar-refractivity contribution is 7.16. The van der Waals surface area contributed by atoms with Crippen molar-refractivity contribution in [1.29, 1.82) is 0 Å². The first-order valence-electron chi connectivity index (χ1n) is 7.69. The van der Waals surface area contributed by atoms with Crippen LogP contribution in [-0.4, -0.2) is 21.3 Å². The number of anilines is 1. The standard InChI is InChI=1S/C18H12ClFN4OS/c19-13-6-10(3-4-14(13)20)8-23-18-24-17(25)15(26-18)7-11-9-22-16-12(11)2-1-5-21-16/h1-7,9,25H,8H2,(H,23,24)/b11-7+. The number of hydrogen-bond donors (Lipinski definition) is 2. The number of allylic oxidation sites excluding steroid dienone is 1. The molecule has 0 aliphatic carbocycles. The van der Waals surface area contributed by atoms with Gasteiger partial charge in [-0.1, -0.05) is 29.0 Å². The average Bonchev–Trinajstić information content (AvgIpc) is 3.20. The Morgan fingerprint density at radius 1 is 1.31 bits per heavy atom. The minimum absolute atomic E-state index is 0.0621. The van der Waals surface area contributed by atoms with Gasteiger partial charge < -0.3 is 10.4 Å². The van der Waals surface area contributed by atoms with Gasteiger partial charge in [0.25, 0.3) is 0 Å². The molecule has 0 unspecified atom stereocenters. The molecule has 2 N–H and O–H groups in total. The molecule has 0 radical (unpaired) electrons. The number of halogens is 2. The molecule has 4 rings (SSSR count). The lowest BCUT2D eigenvalue weighted by Gasteiger charge is -2.03. The smallest absolute Gasteiger partial charge is 0.231 e. The molecule has 0 saturated carbocycles. The summed E-state index contributed by atoms with van der Waals surface area (Å²) in [6.45, 7) is 0.414. The van der Waals surface area contributed by atoms with Gasteiger partial charge in [-0.05, 0) is 35.9 Å². The number of benzene rings is 1. The van der Waals surface area contributed by atoms with Crippen molar-refractivity contribution < 1.29 is 9.50 Å². The summed E-state index contributed by atoms with van der Waals surface area (Å²) in [5, 5.41) is 13.8. The van der Waals surface area contributed by atoms with Crippen LogP contribution in [0.5, 0.6) is 5.88 Å². The maximum absolute atomic E-state index is 13.2. The van der Waals surface area contributed by atoms with E-state index in [1.54, 1.807) is 24.5 Å². The molecule has 0 amide bonds. The van der Waals surface area contributed by atoms with Gasteiger partial charge >= 0.3 is 0 Å². The number of rotatable bonds is 4. The Balaban J connectivity index is 1.52. The van der Waals surface area contributed by atoms with Crippen molar-refractivity contribution in [2.45, 2.75) is 6.54 Å². The van der Waals surface area contributed by atoms with Gasteiger partial charge in [0.1, 0.15) is 5.82 Å². The van der Waals surface area contributed by atoms with Crippen LogP contribution in [0.15, 0.2) is 41.5 Å². The van der Waals surface area contributed by atoms with Gasteiger partial charge in [-0.3, -0.25) is 0 Å². The molecule has 130 valence electrons. The Kier molecular flexibility index (Phi) is 4.40. The number of pyridine rings is 1. The summed E-state index contributed by atoms with van der Waals surface area (Å²) in [7, 11) is 0. The second kappa shape index (κ2) is 6.86. The second-order valence-corrected chi connectivity index (χ2v) is 6.98. The van der Waals surface area contributed by atoms with E-state index in [9.17, 15) is 9.50 Å². The van der Waals surface area contributed by atoms with Gasteiger partial charge in [-0.2, -0.15) is 4.98 Å². The zero-order valence-corrected chi connectivity index (χ0v) is 14.9. The summed E-state index contributed by atoms with van der Waals surface area (Å²) in [5.41, 5.74) is 2.59. The van der Waals surface area contributed by atoms with Crippen LogP contribution >= 0.6 is 22.9 Å². The molecule has 1 aromatic carbocycles. The first-order valence-corrected chi connectivity index (χ1v) is 8.88. The number of thiazole rings is 1. The molecule has 5 nitrogen and oxygen atoms in total. The van der Waals surface area contributed by atoms with E-state index in [0.717, 1.165) is 16.7 Å². The molecule has 0 spiro atoms. The van der Waals surface area contributed by atoms with Crippen LogP contribution in [0.3, 0.4) is 0 Å². The molecule has 2 aromatic heterocycles. The van der Waals surface area contributed by atoms with E-state index < -0.39 is 5.82 Å². The lowest BCUT2D eigenvalue weighted by Crippen LogP contribution is -1.98. The normalized spacial score (nSPS) is 14.0. The van der Waals surface area contributed by atoms with Crippen molar-refractivity contribution in [3.05, 3.63) is 63.4 Å². The van der Waals surface area contributed by atoms with Crippen LogP contribution in [0.25, 0.3) is 11.6 Å². The third-order valence-electron chi connectivity index (χ3n) is 3.77. The quantitative estimate of drug-likeness (QED) is 0.668. The van der Waals surface area contributed by atoms with Crippen LogP contribution in [0.1, 0.15) is 16.0 Å². The van der Waals surface area contributed by atoms with Crippen LogP contribution in [-0.2, 0) is 6.54 Å². The molecule has 0 saturated heterocycles. The highest BCUT2D eigenvalue weighted by Gasteiger charge is 2.15. The largest absolute Gasteiger partial charge is 0.492 e. The predicted octanol–water partition coefficient (Wildman–Crippen LogP) is 4.90. The number of nitrogens with zero attached hydrogens (tertiary/aromatic N) is 3. The SMILES string of the molecule is Oc1nc(NCc2ccc(F)c(Cl)c2)sc1/C=C1\C=Nc2ncccc21. The number of hydrogen-bond acceptors (Lipinski definition) is 6. The molecule has 3 aromatic rings. The van der Waals surface area contributed by atoms with Crippen molar-refractivity contribution in [3.63, 3.8) is 0 Å². The van der Waals surface area contributed by atoms with Crippen LogP contribution in [0, 0.1) is 5.82 Å². The highest BCUT2D eigenvalue weighted by Crippen LogP contribution is 2.35. The third kappa shape index (κ3) is 3.31. The Bertz CT molecular complexity index is 1050.